The monoisotopic (exact) mass is 512 g/mol. The number of nitrogens with zero attached hydrogens (tertiary/aromatic N) is 2. The van der Waals surface area contributed by atoms with E-state index in [1.54, 1.807) is 37.4 Å². The van der Waals surface area contributed by atoms with E-state index in [4.69, 9.17) is 18.9 Å². The van der Waals surface area contributed by atoms with Crippen molar-refractivity contribution in [3.8, 4) is 23.0 Å². The molecule has 1 atom stereocenters. The number of ketones is 1. The largest absolute Gasteiger partial charge is 0.507 e. The van der Waals surface area contributed by atoms with Crippen LogP contribution in [0.4, 0.5) is 0 Å². The Morgan fingerprint density at radius 2 is 1.51 bits per heavy atom. The molecule has 1 heterocycles. The van der Waals surface area contributed by atoms with Crippen LogP contribution in [-0.4, -0.2) is 81.2 Å². The Bertz CT molecular complexity index is 1160. The standard InChI is InChI=1S/C28H36N2O7/c1-8-29(9-2)12-13-30-24(19-15-21(35-5)27(37-7)22(16-19)36-6)23(26(32)28(30)33)25(31)18-10-11-20(34-4)17(3)14-18/h10-11,14-16,24,31H,8-9,12-13H2,1-7H3/b25-23+/t24-/m1/s1. The van der Waals surface area contributed by atoms with Crippen molar-refractivity contribution in [2.24, 2.45) is 0 Å². The number of aryl methyl sites for hydroxylation is 1. The molecule has 0 saturated carbocycles. The minimum absolute atomic E-state index is 0.00314. The van der Waals surface area contributed by atoms with Gasteiger partial charge in [-0.05, 0) is 61.5 Å². The fraction of sp³-hybridized carbons (Fsp3) is 0.429. The molecular weight excluding hydrogens is 476 g/mol. The molecule has 1 amide bonds. The number of hydrogen-bond acceptors (Lipinski definition) is 8. The zero-order chi connectivity index (χ0) is 27.3. The van der Waals surface area contributed by atoms with Gasteiger partial charge >= 0.3 is 0 Å². The van der Waals surface area contributed by atoms with Gasteiger partial charge in [0.1, 0.15) is 11.5 Å². The van der Waals surface area contributed by atoms with Crippen molar-refractivity contribution in [1.29, 1.82) is 0 Å². The van der Waals surface area contributed by atoms with E-state index in [-0.39, 0.29) is 11.3 Å². The molecular formula is C28H36N2O7. The molecule has 2 aromatic rings. The van der Waals surface area contributed by atoms with Crippen molar-refractivity contribution < 1.29 is 33.6 Å². The number of likely N-dealkylation sites (tertiary alicyclic amines) is 1. The molecule has 9 heteroatoms. The summed E-state index contributed by atoms with van der Waals surface area (Å²) in [7, 11) is 6.06. The molecule has 1 aliphatic rings. The summed E-state index contributed by atoms with van der Waals surface area (Å²) in [5.41, 5.74) is 1.76. The van der Waals surface area contributed by atoms with Gasteiger partial charge in [0.15, 0.2) is 11.5 Å². The van der Waals surface area contributed by atoms with E-state index in [1.165, 1.54) is 26.2 Å². The van der Waals surface area contributed by atoms with Crippen molar-refractivity contribution in [2.75, 3.05) is 54.6 Å². The molecule has 0 aliphatic carbocycles. The van der Waals surface area contributed by atoms with Gasteiger partial charge in [0.25, 0.3) is 11.7 Å². The van der Waals surface area contributed by atoms with Crippen LogP contribution in [-0.2, 0) is 9.59 Å². The van der Waals surface area contributed by atoms with Gasteiger partial charge in [0.2, 0.25) is 5.75 Å². The topological polar surface area (TPSA) is 97.8 Å². The number of carbonyl (C=O) groups excluding carboxylic acids is 2. The molecule has 1 saturated heterocycles. The summed E-state index contributed by atoms with van der Waals surface area (Å²) in [6.45, 7) is 8.41. The second-order valence-electron chi connectivity index (χ2n) is 8.66. The normalized spacial score (nSPS) is 16.9. The van der Waals surface area contributed by atoms with Crippen LogP contribution in [0.3, 0.4) is 0 Å². The second kappa shape index (κ2) is 12.0. The predicted molar refractivity (Wildman–Crippen MR) is 141 cm³/mol. The van der Waals surface area contributed by atoms with E-state index in [9.17, 15) is 14.7 Å². The highest BCUT2D eigenvalue weighted by Crippen LogP contribution is 2.45. The number of likely N-dealkylation sites (N-methyl/N-ethyl adjacent to an activating group) is 1. The Hall–Kier alpha value is -3.72. The van der Waals surface area contributed by atoms with Crippen LogP contribution in [0.1, 0.15) is 36.6 Å². The lowest BCUT2D eigenvalue weighted by molar-refractivity contribution is -0.140. The molecule has 2 aromatic carbocycles. The van der Waals surface area contributed by atoms with Gasteiger partial charge in [-0.25, -0.2) is 0 Å². The highest BCUT2D eigenvalue weighted by molar-refractivity contribution is 6.46. The fourth-order valence-corrected chi connectivity index (χ4v) is 4.69. The highest BCUT2D eigenvalue weighted by atomic mass is 16.5. The molecule has 9 nitrogen and oxygen atoms in total. The van der Waals surface area contributed by atoms with E-state index in [2.05, 4.69) is 4.90 Å². The Morgan fingerprint density at radius 1 is 0.919 bits per heavy atom. The van der Waals surface area contributed by atoms with Crippen molar-refractivity contribution in [3.63, 3.8) is 0 Å². The Morgan fingerprint density at radius 3 is 2.00 bits per heavy atom. The van der Waals surface area contributed by atoms with Gasteiger partial charge in [-0.15, -0.1) is 0 Å². The minimum Gasteiger partial charge on any atom is -0.507 e. The van der Waals surface area contributed by atoms with Gasteiger partial charge < -0.3 is 33.9 Å². The summed E-state index contributed by atoms with van der Waals surface area (Å²) in [6, 6.07) is 7.66. The molecule has 0 spiro atoms. The smallest absolute Gasteiger partial charge is 0.295 e. The average Bonchev–Trinajstić information content (AvgIpc) is 3.17. The number of ether oxygens (including phenoxy) is 4. The summed E-state index contributed by atoms with van der Waals surface area (Å²) in [5, 5.41) is 11.4. The van der Waals surface area contributed by atoms with Crippen LogP contribution in [0, 0.1) is 6.92 Å². The molecule has 3 rings (SSSR count). The number of rotatable bonds is 11. The van der Waals surface area contributed by atoms with Crippen LogP contribution in [0.15, 0.2) is 35.9 Å². The zero-order valence-electron chi connectivity index (χ0n) is 22.6. The molecule has 0 bridgehead atoms. The molecule has 1 aliphatic heterocycles. The van der Waals surface area contributed by atoms with Crippen LogP contribution in [0.5, 0.6) is 23.0 Å². The Balaban J connectivity index is 2.24. The maximum atomic E-state index is 13.4. The number of benzene rings is 2. The van der Waals surface area contributed by atoms with Gasteiger partial charge in [-0.3, -0.25) is 9.59 Å². The van der Waals surface area contributed by atoms with Crippen molar-refractivity contribution in [1.82, 2.24) is 9.80 Å². The predicted octanol–water partition coefficient (Wildman–Crippen LogP) is 3.79. The number of hydrogen-bond donors (Lipinski definition) is 1. The van der Waals surface area contributed by atoms with Gasteiger partial charge in [-0.2, -0.15) is 0 Å². The van der Waals surface area contributed by atoms with Crippen LogP contribution in [0.25, 0.3) is 5.76 Å². The number of Topliss-reactive ketones (excluding diaryl/α,β-unsaturated/α-hetero) is 1. The van der Waals surface area contributed by atoms with Gasteiger partial charge in [0.05, 0.1) is 40.1 Å². The molecule has 0 aromatic heterocycles. The molecule has 0 radical (unpaired) electrons. The minimum atomic E-state index is -0.855. The van der Waals surface area contributed by atoms with Crippen LogP contribution in [0.2, 0.25) is 0 Å². The number of carbonyl (C=O) groups is 2. The number of aliphatic hydroxyl groups is 1. The molecule has 0 unspecified atom stereocenters. The summed E-state index contributed by atoms with van der Waals surface area (Å²) in [4.78, 5) is 30.4. The second-order valence-corrected chi connectivity index (χ2v) is 8.66. The molecule has 1 fully saturated rings. The third-order valence-corrected chi connectivity index (χ3v) is 6.76. The first-order chi connectivity index (χ1) is 17.8. The lowest BCUT2D eigenvalue weighted by Gasteiger charge is -2.29. The average molecular weight is 513 g/mol. The van der Waals surface area contributed by atoms with Gasteiger partial charge in [-0.1, -0.05) is 13.8 Å². The van der Waals surface area contributed by atoms with E-state index in [0.717, 1.165) is 18.7 Å². The Labute approximate surface area is 218 Å². The number of methoxy groups -OCH3 is 4. The molecule has 1 N–H and O–H groups in total. The van der Waals surface area contributed by atoms with E-state index in [1.807, 2.05) is 20.8 Å². The quantitative estimate of drug-likeness (QED) is 0.276. The summed E-state index contributed by atoms with van der Waals surface area (Å²) in [6.07, 6.45) is 0. The maximum Gasteiger partial charge on any atom is 0.295 e. The van der Waals surface area contributed by atoms with Crippen molar-refractivity contribution in [2.45, 2.75) is 26.8 Å². The number of aliphatic hydroxyl groups excluding tert-OH is 1. The summed E-state index contributed by atoms with van der Waals surface area (Å²) < 4.78 is 21.8. The Kier molecular flexibility index (Phi) is 9.04. The van der Waals surface area contributed by atoms with Crippen molar-refractivity contribution in [3.05, 3.63) is 52.6 Å². The lowest BCUT2D eigenvalue weighted by atomic mass is 9.94. The van der Waals surface area contributed by atoms with Crippen LogP contribution < -0.4 is 18.9 Å². The summed E-state index contributed by atoms with van der Waals surface area (Å²) in [5.74, 6) is 0.130. The molecule has 200 valence electrons. The lowest BCUT2D eigenvalue weighted by Crippen LogP contribution is -2.38. The van der Waals surface area contributed by atoms with Crippen LogP contribution >= 0.6 is 0 Å². The third kappa shape index (κ3) is 5.36. The van der Waals surface area contributed by atoms with Gasteiger partial charge in [0, 0.05) is 18.7 Å². The SMILES string of the molecule is CCN(CC)CCN1C(=O)C(=O)/C(=C(/O)c2ccc(OC)c(C)c2)[C@H]1c1cc(OC)c(OC)c(OC)c1. The fourth-order valence-electron chi connectivity index (χ4n) is 4.69. The molecule has 37 heavy (non-hydrogen) atoms. The summed E-state index contributed by atoms with van der Waals surface area (Å²) >= 11 is 0. The first kappa shape index (κ1) is 27.9. The number of amides is 1. The van der Waals surface area contributed by atoms with E-state index >= 15 is 0 Å². The highest BCUT2D eigenvalue weighted by Gasteiger charge is 2.46. The van der Waals surface area contributed by atoms with E-state index < -0.39 is 17.7 Å². The first-order valence-electron chi connectivity index (χ1n) is 12.2. The van der Waals surface area contributed by atoms with Crippen molar-refractivity contribution >= 4 is 17.4 Å². The first-order valence-corrected chi connectivity index (χ1v) is 12.2. The maximum absolute atomic E-state index is 13.4. The zero-order valence-corrected chi connectivity index (χ0v) is 22.6. The third-order valence-electron chi connectivity index (χ3n) is 6.76. The van der Waals surface area contributed by atoms with E-state index in [0.29, 0.717) is 47.2 Å².